The Balaban J connectivity index is 1.34. The molecule has 1 fully saturated rings. The summed E-state index contributed by atoms with van der Waals surface area (Å²) in [4.78, 5) is 10.1. The van der Waals surface area contributed by atoms with Gasteiger partial charge in [0.25, 0.3) is 0 Å². The average molecular weight is 404 g/mol. The van der Waals surface area contributed by atoms with Gasteiger partial charge in [0.1, 0.15) is 5.82 Å². The third-order valence-electron chi connectivity index (χ3n) is 5.98. The number of hydrogen-bond donors (Lipinski definition) is 0. The van der Waals surface area contributed by atoms with E-state index in [2.05, 4.69) is 71.3 Å². The van der Waals surface area contributed by atoms with E-state index in [-0.39, 0.29) is 0 Å². The summed E-state index contributed by atoms with van der Waals surface area (Å²) in [5.74, 6) is 1.17. The Morgan fingerprint density at radius 1 is 0.900 bits per heavy atom. The summed E-state index contributed by atoms with van der Waals surface area (Å²) in [5, 5.41) is 2.58. The molecule has 3 aromatic rings. The fourth-order valence-electron chi connectivity index (χ4n) is 4.15. The van der Waals surface area contributed by atoms with Crippen molar-refractivity contribution in [1.29, 1.82) is 0 Å². The van der Waals surface area contributed by atoms with Gasteiger partial charge in [0.05, 0.1) is 6.61 Å². The molecule has 0 atom stereocenters. The first kappa shape index (κ1) is 20.8. The second-order valence-electron chi connectivity index (χ2n) is 8.07. The van der Waals surface area contributed by atoms with Gasteiger partial charge in [-0.25, -0.2) is 4.98 Å². The molecule has 0 bridgehead atoms. The van der Waals surface area contributed by atoms with E-state index in [0.717, 1.165) is 58.6 Å². The third kappa shape index (κ3) is 5.38. The Hall–Kier alpha value is -2.43. The number of aryl methyl sites for hydroxylation is 1. The largest absolute Gasteiger partial charge is 0.377 e. The molecule has 4 nitrogen and oxygen atoms in total. The molecule has 30 heavy (non-hydrogen) atoms. The van der Waals surface area contributed by atoms with Gasteiger partial charge in [0.2, 0.25) is 0 Å². The fourth-order valence-corrected chi connectivity index (χ4v) is 4.15. The number of piperazine rings is 1. The van der Waals surface area contributed by atoms with E-state index < -0.39 is 0 Å². The first-order valence-corrected chi connectivity index (χ1v) is 11.3. The van der Waals surface area contributed by atoms with Crippen LogP contribution in [-0.4, -0.2) is 49.2 Å². The van der Waals surface area contributed by atoms with Crippen molar-refractivity contribution in [3.63, 3.8) is 0 Å². The molecule has 2 heterocycles. The average Bonchev–Trinajstić information content (AvgIpc) is 2.81. The summed E-state index contributed by atoms with van der Waals surface area (Å²) in [6.07, 6.45) is 3.16. The van der Waals surface area contributed by atoms with Gasteiger partial charge >= 0.3 is 0 Å². The minimum atomic E-state index is 0.697. The summed E-state index contributed by atoms with van der Waals surface area (Å²) in [7, 11) is 0. The Morgan fingerprint density at radius 2 is 1.67 bits per heavy atom. The molecule has 1 aliphatic rings. The topological polar surface area (TPSA) is 28.6 Å². The van der Waals surface area contributed by atoms with Gasteiger partial charge in [-0.1, -0.05) is 61.5 Å². The predicted octanol–water partition coefficient (Wildman–Crippen LogP) is 4.92. The first-order valence-electron chi connectivity index (χ1n) is 11.3. The van der Waals surface area contributed by atoms with Crippen LogP contribution in [0, 0.1) is 0 Å². The van der Waals surface area contributed by atoms with Crippen LogP contribution in [0.4, 0.5) is 5.82 Å². The van der Waals surface area contributed by atoms with Crippen molar-refractivity contribution in [2.75, 3.05) is 44.2 Å². The third-order valence-corrected chi connectivity index (χ3v) is 5.98. The number of fused-ring (bicyclic) bond motifs is 1. The molecule has 158 valence electrons. The molecule has 0 amide bonds. The van der Waals surface area contributed by atoms with E-state index in [1.165, 1.54) is 27.8 Å². The molecule has 0 N–H and O–H groups in total. The zero-order valence-corrected chi connectivity index (χ0v) is 18.1. The molecule has 4 heteroatoms. The molecule has 1 aromatic heterocycles. The molecule has 0 spiro atoms. The highest BCUT2D eigenvalue weighted by Crippen LogP contribution is 2.27. The fraction of sp³-hybridized carbons (Fsp3) is 0.423. The Morgan fingerprint density at radius 3 is 2.47 bits per heavy atom. The monoisotopic (exact) mass is 403 g/mol. The number of aromatic nitrogens is 1. The first-order chi connectivity index (χ1) is 14.8. The summed E-state index contributed by atoms with van der Waals surface area (Å²) in [6, 6.07) is 21.3. The normalized spacial score (nSPS) is 15.0. The van der Waals surface area contributed by atoms with E-state index in [9.17, 15) is 0 Å². The minimum absolute atomic E-state index is 0.697. The number of pyridine rings is 1. The van der Waals surface area contributed by atoms with Crippen molar-refractivity contribution in [3.05, 3.63) is 71.9 Å². The number of benzene rings is 2. The number of anilines is 1. The maximum Gasteiger partial charge on any atom is 0.136 e. The number of nitrogens with zero attached hydrogens (tertiary/aromatic N) is 3. The Kier molecular flexibility index (Phi) is 7.33. The van der Waals surface area contributed by atoms with Crippen LogP contribution in [-0.2, 0) is 17.8 Å². The molecule has 1 saturated heterocycles. The van der Waals surface area contributed by atoms with Crippen LogP contribution in [0.1, 0.15) is 31.0 Å². The van der Waals surface area contributed by atoms with Crippen molar-refractivity contribution < 1.29 is 4.74 Å². The lowest BCUT2D eigenvalue weighted by Gasteiger charge is -2.35. The molecule has 0 unspecified atom stereocenters. The second-order valence-corrected chi connectivity index (χ2v) is 8.07. The van der Waals surface area contributed by atoms with Crippen LogP contribution in [0.2, 0.25) is 0 Å². The van der Waals surface area contributed by atoms with Gasteiger partial charge in [0, 0.05) is 43.9 Å². The number of rotatable bonds is 9. The quantitative estimate of drug-likeness (QED) is 0.474. The number of unbranched alkanes of at least 4 members (excludes halogenated alkanes) is 1. The van der Waals surface area contributed by atoms with Gasteiger partial charge in [-0.05, 0) is 42.8 Å². The van der Waals surface area contributed by atoms with Gasteiger partial charge in [-0.2, -0.15) is 0 Å². The summed E-state index contributed by atoms with van der Waals surface area (Å²) in [6.45, 7) is 9.23. The predicted molar refractivity (Wildman–Crippen MR) is 125 cm³/mol. The lowest BCUT2D eigenvalue weighted by Crippen LogP contribution is -2.46. The van der Waals surface area contributed by atoms with Crippen LogP contribution < -0.4 is 4.90 Å². The maximum absolute atomic E-state index is 5.83. The summed E-state index contributed by atoms with van der Waals surface area (Å²) < 4.78 is 5.83. The van der Waals surface area contributed by atoms with Crippen molar-refractivity contribution in [1.82, 2.24) is 9.88 Å². The SMILES string of the molecule is CCN1CCN(c2nc(CCCCOCc3ccccc3)cc3ccccc23)CC1. The zero-order chi connectivity index (χ0) is 20.6. The van der Waals surface area contributed by atoms with Crippen molar-refractivity contribution in [2.24, 2.45) is 0 Å². The molecule has 1 aliphatic heterocycles. The van der Waals surface area contributed by atoms with E-state index in [4.69, 9.17) is 9.72 Å². The van der Waals surface area contributed by atoms with Crippen molar-refractivity contribution in [2.45, 2.75) is 32.8 Å². The lowest BCUT2D eigenvalue weighted by atomic mass is 10.1. The molecule has 4 rings (SSSR count). The molecular formula is C26H33N3O. The Labute approximate surface area is 180 Å². The smallest absolute Gasteiger partial charge is 0.136 e. The highest BCUT2D eigenvalue weighted by Gasteiger charge is 2.19. The zero-order valence-electron chi connectivity index (χ0n) is 18.1. The van der Waals surface area contributed by atoms with Crippen LogP contribution in [0.5, 0.6) is 0 Å². The number of likely N-dealkylation sites (N-methyl/N-ethyl adjacent to an activating group) is 1. The maximum atomic E-state index is 5.83. The summed E-state index contributed by atoms with van der Waals surface area (Å²) in [5.41, 5.74) is 2.44. The van der Waals surface area contributed by atoms with Crippen LogP contribution in [0.25, 0.3) is 10.8 Å². The summed E-state index contributed by atoms with van der Waals surface area (Å²) >= 11 is 0. The molecule has 0 saturated carbocycles. The molecule has 0 radical (unpaired) electrons. The van der Waals surface area contributed by atoms with Gasteiger partial charge < -0.3 is 14.5 Å². The standard InChI is InChI=1S/C26H33N3O/c1-2-28-15-17-29(18-16-28)26-25-14-7-6-12-23(25)20-24(27-26)13-8-9-19-30-21-22-10-4-3-5-11-22/h3-7,10-12,14,20H,2,8-9,13,15-19,21H2,1H3. The van der Waals surface area contributed by atoms with Crippen molar-refractivity contribution in [3.8, 4) is 0 Å². The van der Waals surface area contributed by atoms with Gasteiger partial charge in [-0.15, -0.1) is 0 Å². The van der Waals surface area contributed by atoms with Crippen LogP contribution in [0.3, 0.4) is 0 Å². The van der Waals surface area contributed by atoms with Crippen LogP contribution in [0.15, 0.2) is 60.7 Å². The molecule has 0 aliphatic carbocycles. The van der Waals surface area contributed by atoms with E-state index in [1.807, 2.05) is 6.07 Å². The van der Waals surface area contributed by atoms with Gasteiger partial charge in [0.15, 0.2) is 0 Å². The molecular weight excluding hydrogens is 370 g/mol. The number of hydrogen-bond acceptors (Lipinski definition) is 4. The highest BCUT2D eigenvalue weighted by molar-refractivity contribution is 5.92. The van der Waals surface area contributed by atoms with Gasteiger partial charge in [-0.3, -0.25) is 0 Å². The minimum Gasteiger partial charge on any atom is -0.377 e. The number of ether oxygens (including phenoxy) is 1. The lowest BCUT2D eigenvalue weighted by molar-refractivity contribution is 0.117. The Bertz CT molecular complexity index is 920. The van der Waals surface area contributed by atoms with E-state index in [0.29, 0.717) is 6.61 Å². The second kappa shape index (κ2) is 10.6. The van der Waals surface area contributed by atoms with Crippen molar-refractivity contribution >= 4 is 16.6 Å². The van der Waals surface area contributed by atoms with E-state index >= 15 is 0 Å². The highest BCUT2D eigenvalue weighted by atomic mass is 16.5. The molecule has 2 aromatic carbocycles. The van der Waals surface area contributed by atoms with Crippen LogP contribution >= 0.6 is 0 Å². The van der Waals surface area contributed by atoms with E-state index in [1.54, 1.807) is 0 Å².